The van der Waals surface area contributed by atoms with Gasteiger partial charge < -0.3 is 26.0 Å². The van der Waals surface area contributed by atoms with Crippen molar-refractivity contribution in [1.82, 2.24) is 5.32 Å². The van der Waals surface area contributed by atoms with E-state index in [9.17, 15) is 9.90 Å². The van der Waals surface area contributed by atoms with Gasteiger partial charge in [0, 0.05) is 6.07 Å². The molecule has 6 nitrogen and oxygen atoms in total. The number of carbonyl (C=O) groups is 1. The minimum atomic E-state index is -0.308. The highest BCUT2D eigenvalue weighted by atomic mass is 16.5. The van der Waals surface area contributed by atoms with Crippen molar-refractivity contribution in [3.05, 3.63) is 58.7 Å². The molecule has 0 bridgehead atoms. The van der Waals surface area contributed by atoms with Crippen molar-refractivity contribution in [2.24, 2.45) is 5.73 Å². The van der Waals surface area contributed by atoms with Crippen LogP contribution < -0.4 is 15.8 Å². The molecule has 27 heavy (non-hydrogen) atoms. The Labute approximate surface area is 159 Å². The van der Waals surface area contributed by atoms with Gasteiger partial charge in [0.1, 0.15) is 18.1 Å². The first kappa shape index (κ1) is 19.2. The van der Waals surface area contributed by atoms with Crippen LogP contribution in [0.4, 0.5) is 0 Å². The van der Waals surface area contributed by atoms with E-state index in [1.807, 2.05) is 18.2 Å². The molecule has 0 aliphatic heterocycles. The van der Waals surface area contributed by atoms with Crippen LogP contribution in [-0.2, 0) is 12.8 Å². The Morgan fingerprint density at radius 2 is 2.11 bits per heavy atom. The normalized spacial score (nSPS) is 15.4. The molecule has 0 heterocycles. The average molecular weight is 370 g/mol. The van der Waals surface area contributed by atoms with Gasteiger partial charge >= 0.3 is 0 Å². The number of nitrogens with one attached hydrogen (secondary N) is 1. The first-order valence-electron chi connectivity index (χ1n) is 9.32. The molecule has 0 aromatic heterocycles. The Hall–Kier alpha value is -2.57. The standard InChI is InChI=1S/C21H26N2O4/c22-9-3-5-15-12-17(19(25)13-20(15)27-11-10-24)21(26)23-18-8-7-14-4-1-2-6-16(14)18/h1-2,4,6,12-13,18,24-25H,3,5,7-11,22H2,(H,23,26). The second kappa shape index (κ2) is 8.88. The zero-order valence-electron chi connectivity index (χ0n) is 15.3. The first-order valence-corrected chi connectivity index (χ1v) is 9.32. The fourth-order valence-electron chi connectivity index (χ4n) is 3.52. The van der Waals surface area contributed by atoms with Crippen LogP contribution in [0.25, 0.3) is 0 Å². The van der Waals surface area contributed by atoms with E-state index in [0.717, 1.165) is 30.4 Å². The summed E-state index contributed by atoms with van der Waals surface area (Å²) in [5.74, 6) is 0.0258. The Kier molecular flexibility index (Phi) is 6.32. The van der Waals surface area contributed by atoms with Crippen molar-refractivity contribution in [2.75, 3.05) is 19.8 Å². The number of phenols is 1. The predicted molar refractivity (Wildman–Crippen MR) is 103 cm³/mol. The number of fused-ring (bicyclic) bond motifs is 1. The lowest BCUT2D eigenvalue weighted by molar-refractivity contribution is 0.0933. The highest BCUT2D eigenvalue weighted by molar-refractivity contribution is 5.97. The number of hydrogen-bond acceptors (Lipinski definition) is 5. The summed E-state index contributed by atoms with van der Waals surface area (Å²) in [6.45, 7) is 0.514. The largest absolute Gasteiger partial charge is 0.507 e. The summed E-state index contributed by atoms with van der Waals surface area (Å²) in [6.07, 6.45) is 3.15. The fraction of sp³-hybridized carbons (Fsp3) is 0.381. The maximum absolute atomic E-state index is 12.8. The van der Waals surface area contributed by atoms with Gasteiger partial charge in [0.2, 0.25) is 0 Å². The number of nitrogens with two attached hydrogens (primary N) is 1. The third kappa shape index (κ3) is 4.40. The molecule has 0 saturated heterocycles. The van der Waals surface area contributed by atoms with Crippen LogP contribution in [0.1, 0.15) is 45.9 Å². The number of benzene rings is 2. The number of aliphatic hydroxyl groups is 1. The average Bonchev–Trinajstić information content (AvgIpc) is 3.08. The minimum absolute atomic E-state index is 0.0501. The molecule has 1 aliphatic carbocycles. The van der Waals surface area contributed by atoms with Gasteiger partial charge in [-0.05, 0) is 55.0 Å². The molecule has 6 heteroatoms. The molecule has 0 fully saturated rings. The molecule has 5 N–H and O–H groups in total. The molecule has 0 saturated carbocycles. The number of carbonyl (C=O) groups excluding carboxylic acids is 1. The number of phenolic OH excluding ortho intramolecular Hbond substituents is 1. The number of rotatable bonds is 8. The third-order valence-electron chi connectivity index (χ3n) is 4.86. The lowest BCUT2D eigenvalue weighted by atomic mass is 10.0. The van der Waals surface area contributed by atoms with Gasteiger partial charge in [0.25, 0.3) is 5.91 Å². The maximum atomic E-state index is 12.8. The SMILES string of the molecule is NCCCc1cc(C(=O)NC2CCc3ccccc32)c(O)cc1OCCO. The molecule has 3 rings (SSSR count). The van der Waals surface area contributed by atoms with E-state index >= 15 is 0 Å². The highest BCUT2D eigenvalue weighted by Gasteiger charge is 2.25. The van der Waals surface area contributed by atoms with Crippen LogP contribution in [0.5, 0.6) is 11.5 Å². The van der Waals surface area contributed by atoms with Gasteiger partial charge in [-0.2, -0.15) is 0 Å². The summed E-state index contributed by atoms with van der Waals surface area (Å²) in [4.78, 5) is 12.8. The molecule has 0 radical (unpaired) electrons. The summed E-state index contributed by atoms with van der Waals surface area (Å²) in [5.41, 5.74) is 9.01. The number of amides is 1. The van der Waals surface area contributed by atoms with Gasteiger partial charge in [-0.1, -0.05) is 24.3 Å². The Balaban J connectivity index is 1.81. The van der Waals surface area contributed by atoms with Crippen molar-refractivity contribution in [3.8, 4) is 11.5 Å². The van der Waals surface area contributed by atoms with Crippen LogP contribution in [0.2, 0.25) is 0 Å². The molecule has 0 spiro atoms. The van der Waals surface area contributed by atoms with E-state index in [0.29, 0.717) is 18.7 Å². The molecule has 1 atom stereocenters. The molecule has 2 aromatic carbocycles. The number of aliphatic hydroxyl groups excluding tert-OH is 1. The lowest BCUT2D eigenvalue weighted by Gasteiger charge is -2.17. The molecule has 1 unspecified atom stereocenters. The van der Waals surface area contributed by atoms with E-state index in [1.165, 1.54) is 11.6 Å². The van der Waals surface area contributed by atoms with E-state index in [1.54, 1.807) is 6.07 Å². The summed E-state index contributed by atoms with van der Waals surface area (Å²) in [5, 5.41) is 22.4. The Bertz CT molecular complexity index is 807. The van der Waals surface area contributed by atoms with Crippen molar-refractivity contribution in [1.29, 1.82) is 0 Å². The van der Waals surface area contributed by atoms with Crippen molar-refractivity contribution >= 4 is 5.91 Å². The summed E-state index contributed by atoms with van der Waals surface area (Å²) >= 11 is 0. The zero-order chi connectivity index (χ0) is 19.2. The van der Waals surface area contributed by atoms with Crippen molar-refractivity contribution < 1.29 is 19.7 Å². The molecular formula is C21H26N2O4. The Morgan fingerprint density at radius 1 is 1.30 bits per heavy atom. The van der Waals surface area contributed by atoms with Crippen LogP contribution in [-0.4, -0.2) is 35.9 Å². The Morgan fingerprint density at radius 3 is 2.89 bits per heavy atom. The van der Waals surface area contributed by atoms with Crippen molar-refractivity contribution in [2.45, 2.75) is 31.7 Å². The van der Waals surface area contributed by atoms with Gasteiger partial charge in [-0.15, -0.1) is 0 Å². The van der Waals surface area contributed by atoms with E-state index in [-0.39, 0.29) is 36.5 Å². The van der Waals surface area contributed by atoms with E-state index in [4.69, 9.17) is 15.6 Å². The summed E-state index contributed by atoms with van der Waals surface area (Å²) < 4.78 is 5.50. The second-order valence-electron chi connectivity index (χ2n) is 6.70. The third-order valence-corrected chi connectivity index (χ3v) is 4.86. The molecule has 2 aromatic rings. The van der Waals surface area contributed by atoms with E-state index < -0.39 is 0 Å². The van der Waals surface area contributed by atoms with Crippen LogP contribution in [0.3, 0.4) is 0 Å². The quantitative estimate of drug-likeness (QED) is 0.569. The number of hydrogen-bond donors (Lipinski definition) is 4. The van der Waals surface area contributed by atoms with E-state index in [2.05, 4.69) is 11.4 Å². The van der Waals surface area contributed by atoms with Crippen LogP contribution in [0.15, 0.2) is 36.4 Å². The van der Waals surface area contributed by atoms with Crippen molar-refractivity contribution in [3.63, 3.8) is 0 Å². The highest BCUT2D eigenvalue weighted by Crippen LogP contribution is 2.33. The number of aryl methyl sites for hydroxylation is 2. The lowest BCUT2D eigenvalue weighted by Crippen LogP contribution is -2.27. The molecule has 1 aliphatic rings. The molecular weight excluding hydrogens is 344 g/mol. The minimum Gasteiger partial charge on any atom is -0.507 e. The van der Waals surface area contributed by atoms with Gasteiger partial charge in [0.05, 0.1) is 18.2 Å². The monoisotopic (exact) mass is 370 g/mol. The topological polar surface area (TPSA) is 105 Å². The summed E-state index contributed by atoms with van der Waals surface area (Å²) in [6, 6.07) is 11.1. The number of ether oxygens (including phenoxy) is 1. The van der Waals surface area contributed by atoms with Crippen LogP contribution >= 0.6 is 0 Å². The maximum Gasteiger partial charge on any atom is 0.255 e. The van der Waals surface area contributed by atoms with Gasteiger partial charge in [0.15, 0.2) is 0 Å². The predicted octanol–water partition coefficient (Wildman–Crippen LogP) is 2.07. The van der Waals surface area contributed by atoms with Crippen LogP contribution in [0, 0.1) is 0 Å². The number of aromatic hydroxyl groups is 1. The summed E-state index contributed by atoms with van der Waals surface area (Å²) in [7, 11) is 0. The fourth-order valence-corrected chi connectivity index (χ4v) is 3.52. The zero-order valence-corrected chi connectivity index (χ0v) is 15.3. The molecule has 144 valence electrons. The smallest absolute Gasteiger partial charge is 0.255 e. The van der Waals surface area contributed by atoms with Gasteiger partial charge in [-0.3, -0.25) is 4.79 Å². The first-order chi connectivity index (χ1) is 13.1. The second-order valence-corrected chi connectivity index (χ2v) is 6.70. The van der Waals surface area contributed by atoms with Gasteiger partial charge in [-0.25, -0.2) is 0 Å². The molecule has 1 amide bonds.